The highest BCUT2D eigenvalue weighted by Crippen LogP contribution is 2.44. The van der Waals surface area contributed by atoms with Gasteiger partial charge >= 0.3 is 7.12 Å². The predicted octanol–water partition coefficient (Wildman–Crippen LogP) is 0.770. The zero-order chi connectivity index (χ0) is 10.2. The fourth-order valence-electron chi connectivity index (χ4n) is 3.17. The second-order valence-corrected chi connectivity index (χ2v) is 5.14. The van der Waals surface area contributed by atoms with Gasteiger partial charge in [-0.1, -0.05) is 6.42 Å². The monoisotopic (exact) mass is 197 g/mol. The maximum Gasteiger partial charge on any atom is 0.451 e. The Morgan fingerprint density at radius 2 is 2.29 bits per heavy atom. The zero-order valence-electron chi connectivity index (χ0n) is 8.87. The fourth-order valence-corrected chi connectivity index (χ4v) is 3.17. The second kappa shape index (κ2) is 3.84. The Balaban J connectivity index is 1.77. The molecule has 2 bridgehead atoms. The van der Waals surface area contributed by atoms with Crippen molar-refractivity contribution in [3.8, 4) is 0 Å². The summed E-state index contributed by atoms with van der Waals surface area (Å²) in [5.74, 6) is 0.750. The van der Waals surface area contributed by atoms with E-state index in [4.69, 9.17) is 10.0 Å². The van der Waals surface area contributed by atoms with Gasteiger partial charge in [-0.3, -0.25) is 0 Å². The first-order valence-corrected chi connectivity index (χ1v) is 5.74. The minimum absolute atomic E-state index is 0.352. The molecule has 2 aliphatic rings. The van der Waals surface area contributed by atoms with Crippen molar-refractivity contribution in [1.29, 1.82) is 0 Å². The lowest BCUT2D eigenvalue weighted by Gasteiger charge is -2.30. The van der Waals surface area contributed by atoms with Gasteiger partial charge in [0, 0.05) is 11.6 Å². The summed E-state index contributed by atoms with van der Waals surface area (Å²) in [6.07, 6.45) is 6.51. The summed E-state index contributed by atoms with van der Waals surface area (Å²) in [7, 11) is -1.12. The van der Waals surface area contributed by atoms with Gasteiger partial charge in [-0.25, -0.2) is 0 Å². The van der Waals surface area contributed by atoms with Crippen molar-refractivity contribution >= 4 is 7.12 Å². The number of hydrogen-bond acceptors (Lipinski definition) is 3. The Morgan fingerprint density at radius 3 is 2.79 bits per heavy atom. The average Bonchev–Trinajstić information content (AvgIpc) is 2.59. The van der Waals surface area contributed by atoms with Crippen LogP contribution in [-0.4, -0.2) is 28.7 Å². The van der Waals surface area contributed by atoms with Gasteiger partial charge < -0.3 is 15.4 Å². The van der Waals surface area contributed by atoms with E-state index < -0.39 is 7.12 Å². The van der Waals surface area contributed by atoms with E-state index in [0.717, 1.165) is 24.8 Å². The molecule has 0 unspecified atom stereocenters. The van der Waals surface area contributed by atoms with Crippen LogP contribution in [0.2, 0.25) is 6.32 Å². The Kier molecular flexibility index (Phi) is 2.87. The van der Waals surface area contributed by atoms with Crippen molar-refractivity contribution in [2.75, 3.05) is 0 Å². The molecule has 3 nitrogen and oxygen atoms in total. The molecule has 3 atom stereocenters. The summed E-state index contributed by atoms with van der Waals surface area (Å²) < 4.78 is 0. The van der Waals surface area contributed by atoms with Crippen LogP contribution in [0.15, 0.2) is 0 Å². The lowest BCUT2D eigenvalue weighted by Crippen LogP contribution is -2.38. The predicted molar refractivity (Wildman–Crippen MR) is 56.9 cm³/mol. The second-order valence-electron chi connectivity index (χ2n) is 5.14. The topological polar surface area (TPSA) is 52.5 Å². The summed E-state index contributed by atoms with van der Waals surface area (Å²) in [5, 5.41) is 21.2. The van der Waals surface area contributed by atoms with Crippen LogP contribution < -0.4 is 5.32 Å². The molecule has 80 valence electrons. The Bertz CT molecular complexity index is 212. The van der Waals surface area contributed by atoms with E-state index in [-0.39, 0.29) is 0 Å². The Labute approximate surface area is 86.0 Å². The van der Waals surface area contributed by atoms with E-state index in [1.807, 2.05) is 0 Å². The maximum atomic E-state index is 8.76. The van der Waals surface area contributed by atoms with Gasteiger partial charge in [0.2, 0.25) is 0 Å². The highest BCUT2D eigenvalue weighted by atomic mass is 16.4. The Hall–Kier alpha value is -0.0551. The van der Waals surface area contributed by atoms with E-state index in [2.05, 4.69) is 12.2 Å². The molecule has 3 N–H and O–H groups in total. The SMILES string of the molecule is C[C@@]12CC[C@H](C[C@H]1CCCB(O)O)N2. The Morgan fingerprint density at radius 1 is 1.50 bits per heavy atom. The molecule has 0 aliphatic carbocycles. The first kappa shape index (κ1) is 10.5. The summed E-state index contributed by atoms with van der Waals surface area (Å²) in [4.78, 5) is 0. The molecule has 0 spiro atoms. The summed E-state index contributed by atoms with van der Waals surface area (Å²) >= 11 is 0. The molecule has 0 aromatic carbocycles. The number of fused-ring (bicyclic) bond motifs is 2. The average molecular weight is 197 g/mol. The normalized spacial score (nSPS) is 40.5. The van der Waals surface area contributed by atoms with Crippen LogP contribution in [0.1, 0.15) is 39.0 Å². The molecule has 2 heterocycles. The van der Waals surface area contributed by atoms with Crippen molar-refractivity contribution < 1.29 is 10.0 Å². The largest absolute Gasteiger partial charge is 0.451 e. The highest BCUT2D eigenvalue weighted by Gasteiger charge is 2.47. The summed E-state index contributed by atoms with van der Waals surface area (Å²) in [6.45, 7) is 2.32. The molecule has 0 amide bonds. The molecule has 2 fully saturated rings. The van der Waals surface area contributed by atoms with Crippen LogP contribution in [0, 0.1) is 5.92 Å². The van der Waals surface area contributed by atoms with Crippen LogP contribution in [-0.2, 0) is 0 Å². The van der Waals surface area contributed by atoms with Gasteiger partial charge in [-0.15, -0.1) is 0 Å². The minimum Gasteiger partial charge on any atom is -0.427 e. The third-order valence-corrected chi connectivity index (χ3v) is 4.03. The molecule has 0 aromatic heterocycles. The molecule has 4 heteroatoms. The molecular weight excluding hydrogens is 177 g/mol. The van der Waals surface area contributed by atoms with E-state index in [1.54, 1.807) is 0 Å². The lowest BCUT2D eigenvalue weighted by molar-refractivity contribution is 0.272. The standard InChI is InChI=1S/C10H20BNO2/c1-10-5-4-9(12-10)7-8(10)3-2-6-11(13)14/h8-9,12-14H,2-7H2,1H3/t8-,9-,10-/m1/s1. The molecule has 14 heavy (non-hydrogen) atoms. The molecule has 0 saturated carbocycles. The van der Waals surface area contributed by atoms with Crippen LogP contribution >= 0.6 is 0 Å². The van der Waals surface area contributed by atoms with Gasteiger partial charge in [0.05, 0.1) is 0 Å². The first-order valence-electron chi connectivity index (χ1n) is 5.74. The van der Waals surface area contributed by atoms with Gasteiger partial charge in [0.15, 0.2) is 0 Å². The summed E-state index contributed by atoms with van der Waals surface area (Å²) in [5.41, 5.74) is 0.352. The molecule has 2 rings (SSSR count). The van der Waals surface area contributed by atoms with E-state index in [1.165, 1.54) is 19.3 Å². The van der Waals surface area contributed by atoms with E-state index >= 15 is 0 Å². The van der Waals surface area contributed by atoms with Gasteiger partial charge in [0.25, 0.3) is 0 Å². The van der Waals surface area contributed by atoms with Crippen LogP contribution in [0.5, 0.6) is 0 Å². The van der Waals surface area contributed by atoms with Gasteiger partial charge in [0.1, 0.15) is 0 Å². The summed E-state index contributed by atoms with van der Waals surface area (Å²) in [6, 6.07) is 0.740. The molecule has 0 aromatic rings. The van der Waals surface area contributed by atoms with E-state index in [0.29, 0.717) is 11.9 Å². The molecule has 2 saturated heterocycles. The van der Waals surface area contributed by atoms with Crippen LogP contribution in [0.4, 0.5) is 0 Å². The highest BCUT2D eigenvalue weighted by molar-refractivity contribution is 6.40. The first-order chi connectivity index (χ1) is 6.60. The molecule has 0 radical (unpaired) electrons. The van der Waals surface area contributed by atoms with Crippen molar-refractivity contribution in [2.45, 2.75) is 56.9 Å². The third-order valence-electron chi connectivity index (χ3n) is 4.03. The maximum absolute atomic E-state index is 8.76. The van der Waals surface area contributed by atoms with Crippen molar-refractivity contribution in [2.24, 2.45) is 5.92 Å². The number of hydrogen-bond donors (Lipinski definition) is 3. The van der Waals surface area contributed by atoms with Crippen molar-refractivity contribution in [3.05, 3.63) is 0 Å². The van der Waals surface area contributed by atoms with Crippen molar-refractivity contribution in [3.63, 3.8) is 0 Å². The quantitative estimate of drug-likeness (QED) is 0.583. The fraction of sp³-hybridized carbons (Fsp3) is 1.00. The number of nitrogens with one attached hydrogen (secondary N) is 1. The smallest absolute Gasteiger partial charge is 0.427 e. The van der Waals surface area contributed by atoms with Gasteiger partial charge in [-0.05, 0) is 44.8 Å². The van der Waals surface area contributed by atoms with Crippen LogP contribution in [0.3, 0.4) is 0 Å². The number of rotatable bonds is 4. The molecular formula is C10H20BNO2. The third kappa shape index (κ3) is 1.97. The van der Waals surface area contributed by atoms with E-state index in [9.17, 15) is 0 Å². The van der Waals surface area contributed by atoms with Crippen molar-refractivity contribution in [1.82, 2.24) is 5.32 Å². The lowest BCUT2D eigenvalue weighted by atomic mass is 9.74. The zero-order valence-corrected chi connectivity index (χ0v) is 8.87. The van der Waals surface area contributed by atoms with Gasteiger partial charge in [-0.2, -0.15) is 0 Å². The van der Waals surface area contributed by atoms with Crippen LogP contribution in [0.25, 0.3) is 0 Å². The molecule has 2 aliphatic heterocycles. The minimum atomic E-state index is -1.12.